The highest BCUT2D eigenvalue weighted by atomic mass is 16.6. The Labute approximate surface area is 242 Å². The van der Waals surface area contributed by atoms with E-state index in [1.807, 2.05) is 6.92 Å². The third-order valence-corrected chi connectivity index (χ3v) is 7.91. The van der Waals surface area contributed by atoms with E-state index in [1.165, 1.54) is 4.90 Å². The third-order valence-electron chi connectivity index (χ3n) is 7.91. The molecule has 3 fully saturated rings. The van der Waals surface area contributed by atoms with Crippen LogP contribution < -0.4 is 16.0 Å². The molecule has 1 heterocycles. The molecule has 11 nitrogen and oxygen atoms in total. The lowest BCUT2D eigenvalue weighted by Gasteiger charge is -2.32. The summed E-state index contributed by atoms with van der Waals surface area (Å²) in [6, 6.07) is -2.93. The van der Waals surface area contributed by atoms with Crippen LogP contribution in [0, 0.1) is 11.8 Å². The van der Waals surface area contributed by atoms with Gasteiger partial charge in [0.2, 0.25) is 17.6 Å². The summed E-state index contributed by atoms with van der Waals surface area (Å²) in [7, 11) is 0. The highest BCUT2D eigenvalue weighted by Gasteiger charge is 2.51. The minimum absolute atomic E-state index is 0.0116. The quantitative estimate of drug-likeness (QED) is 0.226. The van der Waals surface area contributed by atoms with Gasteiger partial charge in [0.05, 0.1) is 6.04 Å². The van der Waals surface area contributed by atoms with Crippen molar-refractivity contribution in [3.63, 3.8) is 0 Å². The first-order chi connectivity index (χ1) is 19.2. The SMILES string of the molecule is C=C(C)C(=O)CC[C@H](NC(=O)OC(C)(C)C)C(=O)N1C[C@@H]2CCC[C@@H]2[C@H]1C(=O)N[C@@H](CCC)C(=O)C(=O)NC1CC1. The van der Waals surface area contributed by atoms with Crippen molar-refractivity contribution in [2.45, 2.75) is 122 Å². The average molecular weight is 575 g/mol. The van der Waals surface area contributed by atoms with Crippen LogP contribution in [0.4, 0.5) is 4.79 Å². The Hall–Kier alpha value is -3.24. The zero-order valence-electron chi connectivity index (χ0n) is 25.0. The van der Waals surface area contributed by atoms with Crippen LogP contribution in [0.5, 0.6) is 0 Å². The molecule has 2 saturated carbocycles. The summed E-state index contributed by atoms with van der Waals surface area (Å²) in [5.41, 5.74) is -0.455. The second-order valence-electron chi connectivity index (χ2n) is 12.7. The van der Waals surface area contributed by atoms with E-state index < -0.39 is 53.3 Å². The molecular formula is C30H46N4O7. The molecule has 3 rings (SSSR count). The van der Waals surface area contributed by atoms with E-state index in [4.69, 9.17) is 4.74 Å². The van der Waals surface area contributed by atoms with Gasteiger partial charge in [-0.1, -0.05) is 26.3 Å². The Morgan fingerprint density at radius 2 is 1.66 bits per heavy atom. The summed E-state index contributed by atoms with van der Waals surface area (Å²) in [6.45, 7) is 12.6. The standard InChI is InChI=1S/C30H46N4O7/c1-7-9-21(25(36)27(38)31-19-12-13-19)32-26(37)24-20-11-8-10-18(20)16-34(24)28(39)22(14-15-23(35)17(2)3)33-29(40)41-30(4,5)6/h18-22,24H,2,7-16H2,1,3-6H3,(H,31,38)(H,32,37)(H,33,40)/t18-,20-,21-,22-,24-/m0/s1. The maximum Gasteiger partial charge on any atom is 0.408 e. The summed E-state index contributed by atoms with van der Waals surface area (Å²) in [4.78, 5) is 79.6. The highest BCUT2D eigenvalue weighted by molar-refractivity contribution is 6.38. The summed E-state index contributed by atoms with van der Waals surface area (Å²) < 4.78 is 5.37. The monoisotopic (exact) mass is 574 g/mol. The first-order valence-corrected chi connectivity index (χ1v) is 14.9. The van der Waals surface area contributed by atoms with Crippen molar-refractivity contribution in [2.75, 3.05) is 6.54 Å². The van der Waals surface area contributed by atoms with E-state index in [9.17, 15) is 28.8 Å². The van der Waals surface area contributed by atoms with Crippen molar-refractivity contribution < 1.29 is 33.5 Å². The van der Waals surface area contributed by atoms with Crippen molar-refractivity contribution in [1.29, 1.82) is 0 Å². The fourth-order valence-electron chi connectivity index (χ4n) is 5.72. The number of likely N-dealkylation sites (tertiary alicyclic amines) is 1. The zero-order chi connectivity index (χ0) is 30.5. The van der Waals surface area contributed by atoms with Gasteiger partial charge in [0.25, 0.3) is 5.91 Å². The van der Waals surface area contributed by atoms with Gasteiger partial charge in [-0.05, 0) is 83.6 Å². The first kappa shape index (κ1) is 32.3. The van der Waals surface area contributed by atoms with Gasteiger partial charge in [-0.15, -0.1) is 0 Å². The first-order valence-electron chi connectivity index (χ1n) is 14.9. The number of fused-ring (bicyclic) bond motifs is 1. The molecule has 3 N–H and O–H groups in total. The number of ether oxygens (including phenoxy) is 1. The molecule has 3 aliphatic rings. The number of nitrogens with one attached hydrogen (secondary N) is 3. The van der Waals surface area contributed by atoms with Crippen LogP contribution in [-0.2, 0) is 28.7 Å². The average Bonchev–Trinajstić information content (AvgIpc) is 3.44. The maximum absolute atomic E-state index is 14.0. The Bertz CT molecular complexity index is 1060. The molecule has 1 saturated heterocycles. The van der Waals surface area contributed by atoms with Gasteiger partial charge < -0.3 is 25.6 Å². The van der Waals surface area contributed by atoms with Crippen LogP contribution in [-0.4, -0.2) is 76.6 Å². The molecule has 5 atom stereocenters. The van der Waals surface area contributed by atoms with Gasteiger partial charge in [-0.3, -0.25) is 24.0 Å². The van der Waals surface area contributed by atoms with Gasteiger partial charge in [0.1, 0.15) is 17.7 Å². The van der Waals surface area contributed by atoms with Gasteiger partial charge >= 0.3 is 6.09 Å². The van der Waals surface area contributed by atoms with Crippen LogP contribution in [0.15, 0.2) is 12.2 Å². The van der Waals surface area contributed by atoms with Gasteiger partial charge in [0, 0.05) is 19.0 Å². The van der Waals surface area contributed by atoms with Gasteiger partial charge in [0.15, 0.2) is 5.78 Å². The number of Topliss-reactive ketones (excluding diaryl/α,β-unsaturated/α-hetero) is 2. The van der Waals surface area contributed by atoms with Crippen LogP contribution in [0.2, 0.25) is 0 Å². The number of alkyl carbamates (subject to hydrolysis) is 1. The Kier molecular flexibility index (Phi) is 10.7. The van der Waals surface area contributed by atoms with E-state index in [2.05, 4.69) is 22.5 Å². The van der Waals surface area contributed by atoms with E-state index in [0.717, 1.165) is 32.1 Å². The molecule has 0 spiro atoms. The minimum Gasteiger partial charge on any atom is -0.444 e. The largest absolute Gasteiger partial charge is 0.444 e. The number of allylic oxidation sites excluding steroid dienone is 1. The number of hydrogen-bond donors (Lipinski definition) is 3. The number of ketones is 2. The summed E-state index contributed by atoms with van der Waals surface area (Å²) in [5.74, 6) is -2.57. The van der Waals surface area contributed by atoms with E-state index in [-0.39, 0.29) is 36.5 Å². The van der Waals surface area contributed by atoms with Crippen LogP contribution in [0.1, 0.15) is 92.4 Å². The topological polar surface area (TPSA) is 151 Å². The predicted octanol–water partition coefficient (Wildman–Crippen LogP) is 2.56. The van der Waals surface area contributed by atoms with Crippen molar-refractivity contribution in [1.82, 2.24) is 20.9 Å². The summed E-state index contributed by atoms with van der Waals surface area (Å²) in [6.07, 6.45) is 4.28. The normalized spacial score (nSPS) is 23.1. The van der Waals surface area contributed by atoms with Crippen molar-refractivity contribution in [3.8, 4) is 0 Å². The second kappa shape index (κ2) is 13.6. The number of nitrogens with zero attached hydrogens (tertiary/aromatic N) is 1. The molecule has 1 aliphatic heterocycles. The molecule has 41 heavy (non-hydrogen) atoms. The number of amides is 4. The smallest absolute Gasteiger partial charge is 0.408 e. The number of carbonyl (C=O) groups excluding carboxylic acids is 6. The molecule has 2 aliphatic carbocycles. The predicted molar refractivity (Wildman–Crippen MR) is 152 cm³/mol. The lowest BCUT2D eigenvalue weighted by atomic mass is 9.92. The zero-order valence-corrected chi connectivity index (χ0v) is 25.0. The molecular weight excluding hydrogens is 528 g/mol. The number of rotatable bonds is 13. The third kappa shape index (κ3) is 8.87. The minimum atomic E-state index is -1.10. The lowest BCUT2D eigenvalue weighted by Crippen LogP contribution is -2.57. The van der Waals surface area contributed by atoms with Crippen LogP contribution in [0.3, 0.4) is 0 Å². The Balaban J connectivity index is 1.81. The summed E-state index contributed by atoms with van der Waals surface area (Å²) >= 11 is 0. The highest BCUT2D eigenvalue weighted by Crippen LogP contribution is 2.42. The molecule has 228 valence electrons. The fourth-order valence-corrected chi connectivity index (χ4v) is 5.72. The van der Waals surface area contributed by atoms with E-state index in [0.29, 0.717) is 25.0 Å². The molecule has 0 bridgehead atoms. The Morgan fingerprint density at radius 1 is 0.976 bits per heavy atom. The molecule has 4 amide bonds. The molecule has 0 radical (unpaired) electrons. The lowest BCUT2D eigenvalue weighted by molar-refractivity contribution is -0.143. The van der Waals surface area contributed by atoms with Crippen molar-refractivity contribution in [2.24, 2.45) is 11.8 Å². The number of hydrogen-bond acceptors (Lipinski definition) is 7. The Morgan fingerprint density at radius 3 is 2.24 bits per heavy atom. The molecule has 11 heteroatoms. The maximum atomic E-state index is 14.0. The molecule has 0 aromatic carbocycles. The van der Waals surface area contributed by atoms with Crippen LogP contribution >= 0.6 is 0 Å². The summed E-state index contributed by atoms with van der Waals surface area (Å²) in [5, 5.41) is 8.09. The molecule has 0 aromatic rings. The van der Waals surface area contributed by atoms with Crippen LogP contribution in [0.25, 0.3) is 0 Å². The fraction of sp³-hybridized carbons (Fsp3) is 0.733. The van der Waals surface area contributed by atoms with Crippen molar-refractivity contribution in [3.05, 3.63) is 12.2 Å². The molecule has 0 unspecified atom stereocenters. The van der Waals surface area contributed by atoms with E-state index in [1.54, 1.807) is 27.7 Å². The van der Waals surface area contributed by atoms with Gasteiger partial charge in [-0.25, -0.2) is 4.79 Å². The molecule has 0 aromatic heterocycles. The van der Waals surface area contributed by atoms with E-state index >= 15 is 0 Å². The second-order valence-corrected chi connectivity index (χ2v) is 12.7. The van der Waals surface area contributed by atoms with Gasteiger partial charge in [-0.2, -0.15) is 0 Å². The number of carbonyl (C=O) groups is 6. The van der Waals surface area contributed by atoms with Crippen molar-refractivity contribution >= 4 is 35.4 Å².